The molecule has 0 radical (unpaired) electrons. The Labute approximate surface area is 144 Å². The lowest BCUT2D eigenvalue weighted by Crippen LogP contribution is -2.29. The number of carbonyl (C=O) groups excluding carboxylic acids is 1. The van der Waals surface area contributed by atoms with Gasteiger partial charge in [0.15, 0.2) is 0 Å². The molecule has 0 saturated heterocycles. The predicted molar refractivity (Wildman–Crippen MR) is 90.5 cm³/mol. The second-order valence-electron chi connectivity index (χ2n) is 5.29. The van der Waals surface area contributed by atoms with Gasteiger partial charge in [-0.15, -0.1) is 11.3 Å². The first-order valence-electron chi connectivity index (χ1n) is 7.59. The molecule has 24 heavy (non-hydrogen) atoms. The number of aliphatic hydroxyl groups is 3. The SMILES string of the molecule is O=C(NCCC(O)C(O)c1csc(CO)c1)OCc1ccccc1. The van der Waals surface area contributed by atoms with Gasteiger partial charge in [0.25, 0.3) is 0 Å². The second kappa shape index (κ2) is 9.39. The Morgan fingerprint density at radius 2 is 2.00 bits per heavy atom. The number of benzene rings is 1. The molecule has 0 bridgehead atoms. The summed E-state index contributed by atoms with van der Waals surface area (Å²) in [5.41, 5.74) is 1.45. The van der Waals surface area contributed by atoms with E-state index in [0.717, 1.165) is 10.4 Å². The van der Waals surface area contributed by atoms with Crippen molar-refractivity contribution in [2.24, 2.45) is 0 Å². The third-order valence-corrected chi connectivity index (χ3v) is 4.40. The number of hydrogen-bond acceptors (Lipinski definition) is 6. The van der Waals surface area contributed by atoms with Crippen molar-refractivity contribution in [1.82, 2.24) is 5.32 Å². The molecule has 0 spiro atoms. The van der Waals surface area contributed by atoms with Crippen LogP contribution in [-0.2, 0) is 18.0 Å². The van der Waals surface area contributed by atoms with Gasteiger partial charge in [0.2, 0.25) is 0 Å². The highest BCUT2D eigenvalue weighted by Crippen LogP contribution is 2.24. The number of rotatable bonds is 8. The summed E-state index contributed by atoms with van der Waals surface area (Å²) in [5, 5.41) is 33.3. The molecule has 0 aliphatic carbocycles. The molecule has 2 atom stereocenters. The minimum Gasteiger partial charge on any atom is -0.445 e. The van der Waals surface area contributed by atoms with Crippen molar-refractivity contribution < 1.29 is 24.9 Å². The second-order valence-corrected chi connectivity index (χ2v) is 6.29. The number of amides is 1. The zero-order chi connectivity index (χ0) is 17.4. The van der Waals surface area contributed by atoms with E-state index < -0.39 is 18.3 Å². The van der Waals surface area contributed by atoms with Crippen LogP contribution in [0.4, 0.5) is 4.79 Å². The molecule has 2 unspecified atom stereocenters. The summed E-state index contributed by atoms with van der Waals surface area (Å²) in [7, 11) is 0. The highest BCUT2D eigenvalue weighted by atomic mass is 32.1. The van der Waals surface area contributed by atoms with E-state index in [9.17, 15) is 15.0 Å². The van der Waals surface area contributed by atoms with Gasteiger partial charge < -0.3 is 25.4 Å². The summed E-state index contributed by atoms with van der Waals surface area (Å²) in [6.45, 7) is 0.266. The van der Waals surface area contributed by atoms with Crippen molar-refractivity contribution in [2.75, 3.05) is 6.54 Å². The molecular weight excluding hydrogens is 330 g/mol. The van der Waals surface area contributed by atoms with Crippen LogP contribution in [0, 0.1) is 0 Å². The Bertz CT molecular complexity index is 631. The molecule has 1 aromatic heterocycles. The normalized spacial score (nSPS) is 13.3. The molecular formula is C17H21NO5S. The molecule has 0 fully saturated rings. The molecule has 2 aromatic rings. The third-order valence-electron chi connectivity index (χ3n) is 3.46. The van der Waals surface area contributed by atoms with Crippen LogP contribution in [-0.4, -0.2) is 34.1 Å². The van der Waals surface area contributed by atoms with Crippen LogP contribution in [0.25, 0.3) is 0 Å². The van der Waals surface area contributed by atoms with E-state index in [1.54, 1.807) is 11.4 Å². The van der Waals surface area contributed by atoms with Crippen LogP contribution in [0.1, 0.15) is 28.5 Å². The van der Waals surface area contributed by atoms with Crippen molar-refractivity contribution in [3.05, 3.63) is 57.8 Å². The van der Waals surface area contributed by atoms with Crippen molar-refractivity contribution in [2.45, 2.75) is 31.8 Å². The summed E-state index contributed by atoms with van der Waals surface area (Å²) in [6, 6.07) is 11.0. The molecule has 0 saturated carbocycles. The zero-order valence-electron chi connectivity index (χ0n) is 13.1. The topological polar surface area (TPSA) is 99.0 Å². The summed E-state index contributed by atoms with van der Waals surface area (Å²) >= 11 is 1.32. The Morgan fingerprint density at radius 3 is 2.67 bits per heavy atom. The molecule has 130 valence electrons. The molecule has 1 heterocycles. The van der Waals surface area contributed by atoms with E-state index in [1.807, 2.05) is 30.3 Å². The summed E-state index contributed by atoms with van der Waals surface area (Å²) < 4.78 is 5.05. The first-order valence-corrected chi connectivity index (χ1v) is 8.47. The highest BCUT2D eigenvalue weighted by molar-refractivity contribution is 7.10. The predicted octanol–water partition coefficient (Wildman–Crippen LogP) is 1.95. The molecule has 2 rings (SSSR count). The van der Waals surface area contributed by atoms with Crippen molar-refractivity contribution in [1.29, 1.82) is 0 Å². The van der Waals surface area contributed by atoms with Gasteiger partial charge in [-0.3, -0.25) is 0 Å². The Balaban J connectivity index is 1.67. The number of nitrogens with one attached hydrogen (secondary N) is 1. The van der Waals surface area contributed by atoms with Gasteiger partial charge in [-0.2, -0.15) is 0 Å². The maximum absolute atomic E-state index is 11.6. The van der Waals surface area contributed by atoms with Gasteiger partial charge >= 0.3 is 6.09 Å². The van der Waals surface area contributed by atoms with Crippen LogP contribution in [0.15, 0.2) is 41.8 Å². The van der Waals surface area contributed by atoms with Crippen molar-refractivity contribution >= 4 is 17.4 Å². The summed E-state index contributed by atoms with van der Waals surface area (Å²) in [4.78, 5) is 12.3. The molecule has 1 aromatic carbocycles. The quantitative estimate of drug-likeness (QED) is 0.583. The fourth-order valence-corrected chi connectivity index (χ4v) is 2.89. The van der Waals surface area contributed by atoms with Gasteiger partial charge in [-0.05, 0) is 29.0 Å². The zero-order valence-corrected chi connectivity index (χ0v) is 13.9. The summed E-state index contributed by atoms with van der Waals surface area (Å²) in [6.07, 6.45) is -2.45. The average Bonchev–Trinajstić information content (AvgIpc) is 3.09. The molecule has 7 heteroatoms. The lowest BCUT2D eigenvalue weighted by Gasteiger charge is -2.17. The van der Waals surface area contributed by atoms with Crippen LogP contribution < -0.4 is 5.32 Å². The lowest BCUT2D eigenvalue weighted by atomic mass is 10.0. The number of ether oxygens (including phenoxy) is 1. The Kier molecular flexibility index (Phi) is 7.20. The Morgan fingerprint density at radius 1 is 1.25 bits per heavy atom. The number of hydrogen-bond donors (Lipinski definition) is 4. The first kappa shape index (κ1) is 18.4. The average molecular weight is 351 g/mol. The van der Waals surface area contributed by atoms with E-state index in [-0.39, 0.29) is 26.2 Å². The van der Waals surface area contributed by atoms with Crippen molar-refractivity contribution in [3.8, 4) is 0 Å². The van der Waals surface area contributed by atoms with E-state index in [0.29, 0.717) is 5.56 Å². The number of thiophene rings is 1. The highest BCUT2D eigenvalue weighted by Gasteiger charge is 2.19. The minimum absolute atomic E-state index is 0.0949. The maximum atomic E-state index is 11.6. The largest absolute Gasteiger partial charge is 0.445 e. The van der Waals surface area contributed by atoms with E-state index in [4.69, 9.17) is 9.84 Å². The summed E-state index contributed by atoms with van der Waals surface area (Å²) in [5.74, 6) is 0. The fourth-order valence-electron chi connectivity index (χ4n) is 2.11. The maximum Gasteiger partial charge on any atom is 0.407 e. The van der Waals surface area contributed by atoms with Crippen molar-refractivity contribution in [3.63, 3.8) is 0 Å². The third kappa shape index (κ3) is 5.61. The standard InChI is InChI=1S/C17H21NO5S/c19-9-14-8-13(11-24-14)16(21)15(20)6-7-18-17(22)23-10-12-4-2-1-3-5-12/h1-5,8,11,15-16,19-21H,6-7,9-10H2,(H,18,22). The monoisotopic (exact) mass is 351 g/mol. The first-order chi connectivity index (χ1) is 11.6. The van der Waals surface area contributed by atoms with E-state index >= 15 is 0 Å². The van der Waals surface area contributed by atoms with Crippen LogP contribution in [0.3, 0.4) is 0 Å². The van der Waals surface area contributed by atoms with Crippen LogP contribution in [0.2, 0.25) is 0 Å². The Hall–Kier alpha value is -1.93. The number of carbonyl (C=O) groups is 1. The van der Waals surface area contributed by atoms with E-state index in [1.165, 1.54) is 11.3 Å². The molecule has 0 aliphatic heterocycles. The van der Waals surface area contributed by atoms with Gasteiger partial charge in [-0.25, -0.2) is 4.79 Å². The van der Waals surface area contributed by atoms with E-state index in [2.05, 4.69) is 5.32 Å². The van der Waals surface area contributed by atoms with Gasteiger partial charge in [0.05, 0.1) is 12.7 Å². The van der Waals surface area contributed by atoms with Gasteiger partial charge in [0, 0.05) is 11.4 Å². The minimum atomic E-state index is -1.05. The molecule has 0 aliphatic rings. The number of alkyl carbamates (subject to hydrolysis) is 1. The fraction of sp³-hybridized carbons (Fsp3) is 0.353. The van der Waals surface area contributed by atoms with Gasteiger partial charge in [0.1, 0.15) is 12.7 Å². The van der Waals surface area contributed by atoms with Gasteiger partial charge in [-0.1, -0.05) is 30.3 Å². The molecule has 6 nitrogen and oxygen atoms in total. The smallest absolute Gasteiger partial charge is 0.407 e. The number of aliphatic hydroxyl groups excluding tert-OH is 3. The van der Waals surface area contributed by atoms with Crippen LogP contribution >= 0.6 is 11.3 Å². The van der Waals surface area contributed by atoms with Crippen LogP contribution in [0.5, 0.6) is 0 Å². The lowest BCUT2D eigenvalue weighted by molar-refractivity contribution is 0.0138. The molecule has 1 amide bonds. The molecule has 4 N–H and O–H groups in total.